The van der Waals surface area contributed by atoms with Crippen LogP contribution in [0.3, 0.4) is 0 Å². The summed E-state index contributed by atoms with van der Waals surface area (Å²) in [4.78, 5) is 31.4. The number of carbonyl (C=O) groups is 1. The molecule has 0 spiro atoms. The number of anilines is 1. The van der Waals surface area contributed by atoms with Crippen LogP contribution >= 0.6 is 0 Å². The van der Waals surface area contributed by atoms with Gasteiger partial charge in [0.1, 0.15) is 18.0 Å². The van der Waals surface area contributed by atoms with Gasteiger partial charge in [0, 0.05) is 18.8 Å². The lowest BCUT2D eigenvalue weighted by molar-refractivity contribution is -0.186. The number of amides is 1. The van der Waals surface area contributed by atoms with Crippen LogP contribution in [0, 0.1) is 12.3 Å². The van der Waals surface area contributed by atoms with Crippen molar-refractivity contribution in [3.8, 4) is 0 Å². The Morgan fingerprint density at radius 3 is 2.39 bits per heavy atom. The van der Waals surface area contributed by atoms with Crippen LogP contribution in [0.15, 0.2) is 11.0 Å². The minimum Gasteiger partial charge on any atom is -0.383 e. The highest BCUT2D eigenvalue weighted by Crippen LogP contribution is 2.53. The molecule has 1 aromatic rings. The molecule has 2 aliphatic rings. The van der Waals surface area contributed by atoms with Gasteiger partial charge in [-0.25, -0.2) is 4.79 Å². The molecular formula is C20H32N4O4. The van der Waals surface area contributed by atoms with Crippen LogP contribution in [-0.4, -0.2) is 50.8 Å². The van der Waals surface area contributed by atoms with E-state index in [1.54, 1.807) is 25.1 Å². The lowest BCUT2D eigenvalue weighted by atomic mass is 9.79. The normalized spacial score (nSPS) is 30.4. The molecule has 2 aliphatic heterocycles. The first-order valence-electron chi connectivity index (χ1n) is 9.64. The summed E-state index contributed by atoms with van der Waals surface area (Å²) in [5.41, 5.74) is 4.15. The largest absolute Gasteiger partial charge is 0.383 e. The Hall–Kier alpha value is -1.93. The van der Waals surface area contributed by atoms with Crippen molar-refractivity contribution >= 4 is 11.7 Å². The summed E-state index contributed by atoms with van der Waals surface area (Å²) < 4.78 is 14.2. The summed E-state index contributed by atoms with van der Waals surface area (Å²) >= 11 is 0. The van der Waals surface area contributed by atoms with E-state index in [4.69, 9.17) is 15.2 Å². The van der Waals surface area contributed by atoms with Crippen molar-refractivity contribution in [1.29, 1.82) is 0 Å². The highest BCUT2D eigenvalue weighted by molar-refractivity contribution is 5.90. The molecule has 8 heteroatoms. The number of hydrogen-bond donors (Lipinski definition) is 1. The van der Waals surface area contributed by atoms with E-state index in [9.17, 15) is 9.59 Å². The molecule has 0 aliphatic carbocycles. The number of rotatable bonds is 3. The maximum Gasteiger partial charge on any atom is 0.351 e. The molecule has 3 rings (SSSR count). The second-order valence-corrected chi connectivity index (χ2v) is 10.2. The van der Waals surface area contributed by atoms with Crippen LogP contribution < -0.4 is 11.4 Å². The molecule has 28 heavy (non-hydrogen) atoms. The third-order valence-corrected chi connectivity index (χ3v) is 5.24. The summed E-state index contributed by atoms with van der Waals surface area (Å²) in [5, 5.41) is 0. The average Bonchev–Trinajstić information content (AvgIpc) is 2.88. The predicted octanol–water partition coefficient (Wildman–Crippen LogP) is 1.86. The van der Waals surface area contributed by atoms with Crippen molar-refractivity contribution < 1.29 is 14.3 Å². The first-order valence-corrected chi connectivity index (χ1v) is 9.64. The number of aryl methyl sites for hydroxylation is 1. The predicted molar refractivity (Wildman–Crippen MR) is 106 cm³/mol. The fraction of sp³-hybridized carbons (Fsp3) is 0.750. The summed E-state index contributed by atoms with van der Waals surface area (Å²) in [5.74, 6) is 0.0897. The Labute approximate surface area is 166 Å². The van der Waals surface area contributed by atoms with E-state index in [1.165, 1.54) is 4.57 Å². The smallest absolute Gasteiger partial charge is 0.351 e. The van der Waals surface area contributed by atoms with Crippen LogP contribution in [0.2, 0.25) is 0 Å². The molecule has 4 atom stereocenters. The standard InChI is InChI=1S/C20H32N4O4/c1-11-9-24(17(26)22-14(11)21)15-12-13(27-19(5,6)7)20(28-15,10-18(2,3)4)16(25)23(12)8/h9,12-13,15H,10H2,1-8H3,(H2,21,22,26)/t12-,13+,15-,20-/m1/s1. The van der Waals surface area contributed by atoms with Crippen molar-refractivity contribution in [2.24, 2.45) is 5.41 Å². The van der Waals surface area contributed by atoms with E-state index in [1.807, 2.05) is 20.8 Å². The molecule has 1 aromatic heterocycles. The SMILES string of the molecule is Cc1cn([C@@H]2O[C@@]3(CC(C)(C)C)C(=O)N(C)[C@@H]2[C@@H]3OC(C)(C)C)c(=O)nc1N. The number of carbonyl (C=O) groups excluding carboxylic acids is 1. The Balaban J connectivity index is 2.14. The first kappa shape index (κ1) is 20.8. The first-order chi connectivity index (χ1) is 12.7. The zero-order valence-electron chi connectivity index (χ0n) is 18.1. The van der Waals surface area contributed by atoms with E-state index in [0.29, 0.717) is 12.0 Å². The fourth-order valence-electron chi connectivity index (χ4n) is 4.31. The molecular weight excluding hydrogens is 360 g/mol. The van der Waals surface area contributed by atoms with Gasteiger partial charge in [-0.15, -0.1) is 0 Å². The summed E-state index contributed by atoms with van der Waals surface area (Å²) in [6, 6.07) is -0.434. The quantitative estimate of drug-likeness (QED) is 0.843. The number of fused-ring (bicyclic) bond motifs is 2. The number of nitrogens with zero attached hydrogens (tertiary/aromatic N) is 3. The van der Waals surface area contributed by atoms with Gasteiger partial charge in [0.05, 0.1) is 5.60 Å². The van der Waals surface area contributed by atoms with E-state index in [2.05, 4.69) is 25.8 Å². The second-order valence-electron chi connectivity index (χ2n) is 10.2. The molecule has 0 unspecified atom stereocenters. The Morgan fingerprint density at radius 1 is 1.25 bits per heavy atom. The lowest BCUT2D eigenvalue weighted by Crippen LogP contribution is -2.52. The summed E-state index contributed by atoms with van der Waals surface area (Å²) in [6.07, 6.45) is 0.941. The van der Waals surface area contributed by atoms with Gasteiger partial charge in [-0.05, 0) is 39.5 Å². The van der Waals surface area contributed by atoms with E-state index >= 15 is 0 Å². The second kappa shape index (κ2) is 6.29. The number of nitrogens with two attached hydrogens (primary N) is 1. The van der Waals surface area contributed by atoms with Crippen LogP contribution in [0.5, 0.6) is 0 Å². The topological polar surface area (TPSA) is 99.7 Å². The molecule has 8 nitrogen and oxygen atoms in total. The third kappa shape index (κ3) is 3.33. The van der Waals surface area contributed by atoms with E-state index in [-0.39, 0.29) is 17.1 Å². The minimum absolute atomic E-state index is 0.105. The Kier molecular flexibility index (Phi) is 4.67. The van der Waals surface area contributed by atoms with Gasteiger partial charge in [-0.3, -0.25) is 9.36 Å². The number of likely N-dealkylation sites (N-methyl/N-ethyl adjacent to an activating group) is 1. The van der Waals surface area contributed by atoms with Crippen LogP contribution in [0.25, 0.3) is 0 Å². The molecule has 2 bridgehead atoms. The summed E-state index contributed by atoms with van der Waals surface area (Å²) in [6.45, 7) is 13.8. The van der Waals surface area contributed by atoms with Crippen molar-refractivity contribution in [3.05, 3.63) is 22.2 Å². The zero-order valence-corrected chi connectivity index (χ0v) is 18.1. The number of aromatic nitrogens is 2. The molecule has 3 heterocycles. The Morgan fingerprint density at radius 2 is 1.86 bits per heavy atom. The van der Waals surface area contributed by atoms with Gasteiger partial charge in [0.15, 0.2) is 11.8 Å². The van der Waals surface area contributed by atoms with Gasteiger partial charge in [0.25, 0.3) is 5.91 Å². The molecule has 0 radical (unpaired) electrons. The van der Waals surface area contributed by atoms with E-state index < -0.39 is 35.3 Å². The van der Waals surface area contributed by atoms with Crippen LogP contribution in [0.1, 0.15) is 59.8 Å². The Bertz CT molecular complexity index is 851. The molecule has 0 saturated carbocycles. The minimum atomic E-state index is -1.15. The van der Waals surface area contributed by atoms with Crippen molar-refractivity contribution in [1.82, 2.24) is 14.5 Å². The highest BCUT2D eigenvalue weighted by Gasteiger charge is 2.70. The van der Waals surface area contributed by atoms with Gasteiger partial charge in [-0.1, -0.05) is 20.8 Å². The van der Waals surface area contributed by atoms with Crippen molar-refractivity contribution in [2.75, 3.05) is 12.8 Å². The third-order valence-electron chi connectivity index (χ3n) is 5.24. The molecule has 2 fully saturated rings. The maximum atomic E-state index is 13.2. The van der Waals surface area contributed by atoms with Crippen molar-refractivity contribution in [3.63, 3.8) is 0 Å². The van der Waals surface area contributed by atoms with Gasteiger partial charge < -0.3 is 20.1 Å². The van der Waals surface area contributed by atoms with E-state index in [0.717, 1.165) is 0 Å². The van der Waals surface area contributed by atoms with Gasteiger partial charge >= 0.3 is 5.69 Å². The fourth-order valence-corrected chi connectivity index (χ4v) is 4.31. The molecule has 1 amide bonds. The maximum absolute atomic E-state index is 13.2. The number of likely N-dealkylation sites (tertiary alicyclic amines) is 1. The molecule has 0 aromatic carbocycles. The highest BCUT2D eigenvalue weighted by atomic mass is 16.6. The zero-order chi connectivity index (χ0) is 21.2. The van der Waals surface area contributed by atoms with Gasteiger partial charge in [0.2, 0.25) is 0 Å². The van der Waals surface area contributed by atoms with Crippen molar-refractivity contribution in [2.45, 2.75) is 84.5 Å². The molecule has 2 N–H and O–H groups in total. The lowest BCUT2D eigenvalue weighted by Gasteiger charge is -2.38. The molecule has 156 valence electrons. The number of ether oxygens (including phenoxy) is 2. The number of hydrogen-bond acceptors (Lipinski definition) is 6. The average molecular weight is 393 g/mol. The number of morpholine rings is 1. The monoisotopic (exact) mass is 392 g/mol. The summed E-state index contributed by atoms with van der Waals surface area (Å²) in [7, 11) is 1.74. The van der Waals surface area contributed by atoms with Gasteiger partial charge in [-0.2, -0.15) is 4.98 Å². The van der Waals surface area contributed by atoms with Crippen LogP contribution in [0.4, 0.5) is 5.82 Å². The number of nitrogen functional groups attached to an aromatic ring is 1. The molecule has 2 saturated heterocycles. The van der Waals surface area contributed by atoms with Crippen LogP contribution in [-0.2, 0) is 14.3 Å².